The number of thiazole rings is 1. The van der Waals surface area contributed by atoms with E-state index >= 15 is 0 Å². The van der Waals surface area contributed by atoms with Crippen molar-refractivity contribution in [3.8, 4) is 28.5 Å². The van der Waals surface area contributed by atoms with Crippen molar-refractivity contribution in [3.63, 3.8) is 0 Å². The van der Waals surface area contributed by atoms with E-state index in [1.165, 1.54) is 0 Å². The van der Waals surface area contributed by atoms with Crippen LogP contribution in [0.1, 0.15) is 45.1 Å². The lowest BCUT2D eigenvalue weighted by Crippen LogP contribution is -2.18. The molecule has 3 aromatic carbocycles. The summed E-state index contributed by atoms with van der Waals surface area (Å²) in [5.41, 5.74) is 4.48. The van der Waals surface area contributed by atoms with Crippen molar-refractivity contribution >= 4 is 39.5 Å². The summed E-state index contributed by atoms with van der Waals surface area (Å²) in [5, 5.41) is 10.0. The summed E-state index contributed by atoms with van der Waals surface area (Å²) >= 11 is 3.34. The molecule has 0 radical (unpaired) electrons. The summed E-state index contributed by atoms with van der Waals surface area (Å²) in [6.45, 7) is 2.13. The molecular formula is C33H29N3O4S2. The van der Waals surface area contributed by atoms with Crippen molar-refractivity contribution < 1.29 is 19.0 Å². The van der Waals surface area contributed by atoms with Crippen LogP contribution in [0, 0.1) is 0 Å². The third kappa shape index (κ3) is 5.53. The van der Waals surface area contributed by atoms with Gasteiger partial charge in [0.1, 0.15) is 5.75 Å². The number of thiophene rings is 1. The molecule has 0 N–H and O–H groups in total. The number of methoxy groups -OCH3 is 2. The van der Waals surface area contributed by atoms with Gasteiger partial charge in [-0.15, -0.1) is 11.3 Å². The molecule has 0 bridgehead atoms. The van der Waals surface area contributed by atoms with Crippen molar-refractivity contribution in [1.82, 2.24) is 4.98 Å². The summed E-state index contributed by atoms with van der Waals surface area (Å²) in [7, 11) is 3.29. The van der Waals surface area contributed by atoms with E-state index < -0.39 is 0 Å². The molecular weight excluding hydrogens is 567 g/mol. The molecule has 0 saturated heterocycles. The Bertz CT molecular complexity index is 1710. The highest BCUT2D eigenvalue weighted by molar-refractivity contribution is 7.16. The van der Waals surface area contributed by atoms with Crippen LogP contribution in [-0.4, -0.2) is 30.9 Å². The Labute approximate surface area is 252 Å². The van der Waals surface area contributed by atoms with Crippen molar-refractivity contribution in [2.24, 2.45) is 5.10 Å². The third-order valence-electron chi connectivity index (χ3n) is 7.06. The number of hydrogen-bond donors (Lipinski definition) is 0. The van der Waals surface area contributed by atoms with E-state index in [9.17, 15) is 4.79 Å². The van der Waals surface area contributed by atoms with Gasteiger partial charge >= 0.3 is 5.97 Å². The lowest BCUT2D eigenvalue weighted by molar-refractivity contribution is 0.0735. The van der Waals surface area contributed by atoms with Gasteiger partial charge in [-0.05, 0) is 72.0 Å². The molecule has 1 aliphatic heterocycles. The van der Waals surface area contributed by atoms with E-state index in [-0.39, 0.29) is 12.0 Å². The molecule has 0 amide bonds. The number of ether oxygens (including phenoxy) is 3. The van der Waals surface area contributed by atoms with Crippen molar-refractivity contribution in [1.29, 1.82) is 0 Å². The van der Waals surface area contributed by atoms with Gasteiger partial charge in [0.25, 0.3) is 0 Å². The number of nitrogens with zero attached hydrogens (tertiary/aromatic N) is 3. The Kier molecular flexibility index (Phi) is 8.03. The number of benzene rings is 3. The van der Waals surface area contributed by atoms with Gasteiger partial charge in [-0.25, -0.2) is 14.8 Å². The molecule has 5 aromatic rings. The van der Waals surface area contributed by atoms with Gasteiger partial charge in [0.05, 0.1) is 42.1 Å². The van der Waals surface area contributed by atoms with E-state index in [1.54, 1.807) is 49.0 Å². The summed E-state index contributed by atoms with van der Waals surface area (Å²) < 4.78 is 16.7. The molecule has 42 heavy (non-hydrogen) atoms. The van der Waals surface area contributed by atoms with Crippen LogP contribution >= 0.6 is 22.7 Å². The molecule has 212 valence electrons. The number of carbonyl (C=O) groups is 1. The van der Waals surface area contributed by atoms with Crippen LogP contribution in [0.25, 0.3) is 11.3 Å². The van der Waals surface area contributed by atoms with Crippen LogP contribution in [0.4, 0.5) is 5.13 Å². The molecule has 2 aromatic heterocycles. The fourth-order valence-electron chi connectivity index (χ4n) is 4.92. The minimum absolute atomic E-state index is 0.0506. The maximum Gasteiger partial charge on any atom is 0.343 e. The standard InChI is InChI=1S/C33H29N3O4S2/c1-4-29-31(21-12-15-24(16-13-21)40-32(37)22-9-6-5-7-10-22)34-33(42-29)36-26(20-25(35-36)30-11-8-18-41-30)23-14-17-27(38-2)28(19-23)39-3/h5-19,26H,4,20H2,1-3H3/t26-/m0/s1. The predicted molar refractivity (Wildman–Crippen MR) is 169 cm³/mol. The molecule has 0 spiro atoms. The highest BCUT2D eigenvalue weighted by Crippen LogP contribution is 2.43. The average molecular weight is 596 g/mol. The number of hydrogen-bond acceptors (Lipinski definition) is 9. The van der Waals surface area contributed by atoms with E-state index in [4.69, 9.17) is 24.3 Å². The molecule has 0 aliphatic carbocycles. The zero-order valence-corrected chi connectivity index (χ0v) is 25.1. The van der Waals surface area contributed by atoms with E-state index in [2.05, 4.69) is 24.4 Å². The van der Waals surface area contributed by atoms with Crippen LogP contribution in [-0.2, 0) is 6.42 Å². The predicted octanol–water partition coefficient (Wildman–Crippen LogP) is 8.03. The third-order valence-corrected chi connectivity index (χ3v) is 9.17. The van der Waals surface area contributed by atoms with Crippen LogP contribution in [0.3, 0.4) is 0 Å². The Hall–Kier alpha value is -4.47. The SMILES string of the molecule is CCc1sc(N2N=C(c3cccs3)C[C@H]2c2ccc(OC)c(OC)c2)nc1-c1ccc(OC(=O)c2ccccc2)cc1. The normalized spacial score (nSPS) is 14.5. The fraction of sp³-hybridized carbons (Fsp3) is 0.182. The number of carbonyl (C=O) groups excluding carboxylic acids is 1. The highest BCUT2D eigenvalue weighted by Gasteiger charge is 2.33. The molecule has 1 aliphatic rings. The fourth-order valence-corrected chi connectivity index (χ4v) is 6.67. The van der Waals surface area contributed by atoms with Crippen molar-refractivity contribution in [2.45, 2.75) is 25.8 Å². The molecule has 0 unspecified atom stereocenters. The van der Waals surface area contributed by atoms with Crippen LogP contribution in [0.15, 0.2) is 95.4 Å². The summed E-state index contributed by atoms with van der Waals surface area (Å²) in [4.78, 5) is 19.9. The maximum atomic E-state index is 12.5. The first-order chi connectivity index (χ1) is 20.6. The number of esters is 1. The number of anilines is 1. The van der Waals surface area contributed by atoms with Crippen LogP contribution < -0.4 is 19.2 Å². The second kappa shape index (κ2) is 12.2. The Balaban J connectivity index is 1.32. The minimum Gasteiger partial charge on any atom is -0.493 e. The Morgan fingerprint density at radius 3 is 2.43 bits per heavy atom. The largest absolute Gasteiger partial charge is 0.493 e. The summed E-state index contributed by atoms with van der Waals surface area (Å²) in [6, 6.07) is 26.6. The Morgan fingerprint density at radius 2 is 1.74 bits per heavy atom. The Morgan fingerprint density at radius 1 is 0.952 bits per heavy atom. The van der Waals surface area contributed by atoms with Crippen molar-refractivity contribution in [3.05, 3.63) is 111 Å². The van der Waals surface area contributed by atoms with Gasteiger partial charge in [0.15, 0.2) is 11.5 Å². The molecule has 0 saturated carbocycles. The van der Waals surface area contributed by atoms with Gasteiger partial charge in [0.2, 0.25) is 5.13 Å². The van der Waals surface area contributed by atoms with Gasteiger partial charge < -0.3 is 14.2 Å². The number of rotatable bonds is 9. The molecule has 1 atom stereocenters. The molecule has 7 nitrogen and oxygen atoms in total. The first-order valence-corrected chi connectivity index (χ1v) is 15.3. The molecule has 3 heterocycles. The topological polar surface area (TPSA) is 73.2 Å². The number of aryl methyl sites for hydroxylation is 1. The summed E-state index contributed by atoms with van der Waals surface area (Å²) in [6.07, 6.45) is 1.57. The summed E-state index contributed by atoms with van der Waals surface area (Å²) in [5.74, 6) is 1.47. The average Bonchev–Trinajstić information content (AvgIpc) is 3.81. The van der Waals surface area contributed by atoms with Crippen LogP contribution in [0.2, 0.25) is 0 Å². The van der Waals surface area contributed by atoms with Gasteiger partial charge in [-0.1, -0.05) is 48.6 Å². The second-order valence-corrected chi connectivity index (χ2v) is 11.6. The van der Waals surface area contributed by atoms with Crippen LogP contribution in [0.5, 0.6) is 17.2 Å². The van der Waals surface area contributed by atoms with E-state index in [0.29, 0.717) is 22.8 Å². The van der Waals surface area contributed by atoms with Gasteiger partial charge in [-0.3, -0.25) is 0 Å². The molecule has 6 rings (SSSR count). The quantitative estimate of drug-likeness (QED) is 0.127. The monoisotopic (exact) mass is 595 g/mol. The lowest BCUT2D eigenvalue weighted by atomic mass is 10.0. The lowest BCUT2D eigenvalue weighted by Gasteiger charge is -2.22. The zero-order valence-electron chi connectivity index (χ0n) is 23.4. The first-order valence-electron chi connectivity index (χ1n) is 13.6. The highest BCUT2D eigenvalue weighted by atomic mass is 32.1. The van der Waals surface area contributed by atoms with Crippen molar-refractivity contribution in [2.75, 3.05) is 19.2 Å². The second-order valence-electron chi connectivity index (χ2n) is 9.60. The van der Waals surface area contributed by atoms with E-state index in [1.807, 2.05) is 65.7 Å². The van der Waals surface area contributed by atoms with Gasteiger partial charge in [0, 0.05) is 16.9 Å². The molecule has 9 heteroatoms. The van der Waals surface area contributed by atoms with Gasteiger partial charge in [-0.2, -0.15) is 5.10 Å². The number of hydrazone groups is 1. The molecule has 0 fully saturated rings. The number of aromatic nitrogens is 1. The smallest absolute Gasteiger partial charge is 0.343 e. The maximum absolute atomic E-state index is 12.5. The zero-order chi connectivity index (χ0) is 29.1. The first kappa shape index (κ1) is 27.7. The van der Waals surface area contributed by atoms with E-state index in [0.717, 1.165) is 50.3 Å². The minimum atomic E-state index is -0.386.